The lowest BCUT2D eigenvalue weighted by molar-refractivity contribution is 0.447. The van der Waals surface area contributed by atoms with E-state index in [-0.39, 0.29) is 5.82 Å². The SMILES string of the molecule is Fc1cccc(-c2ccc3nc(C4CCCNC4)nn3c2)c1. The lowest BCUT2D eigenvalue weighted by atomic mass is 9.99. The molecule has 0 radical (unpaired) electrons. The van der Waals surface area contributed by atoms with Gasteiger partial charge in [0.2, 0.25) is 0 Å². The van der Waals surface area contributed by atoms with E-state index in [2.05, 4.69) is 15.4 Å². The van der Waals surface area contributed by atoms with Crippen molar-refractivity contribution in [3.63, 3.8) is 0 Å². The van der Waals surface area contributed by atoms with Crippen molar-refractivity contribution in [1.82, 2.24) is 19.9 Å². The highest BCUT2D eigenvalue weighted by atomic mass is 19.1. The van der Waals surface area contributed by atoms with Gasteiger partial charge < -0.3 is 5.32 Å². The van der Waals surface area contributed by atoms with E-state index >= 15 is 0 Å². The number of aromatic nitrogens is 3. The lowest BCUT2D eigenvalue weighted by Crippen LogP contribution is -2.28. The first-order valence-corrected chi connectivity index (χ1v) is 7.62. The minimum absolute atomic E-state index is 0.231. The van der Waals surface area contributed by atoms with Gasteiger partial charge >= 0.3 is 0 Å². The summed E-state index contributed by atoms with van der Waals surface area (Å²) in [5.74, 6) is 1.04. The second-order valence-corrected chi connectivity index (χ2v) is 5.74. The molecule has 0 spiro atoms. The van der Waals surface area contributed by atoms with Crippen LogP contribution in [0.15, 0.2) is 42.6 Å². The Morgan fingerprint density at radius 2 is 2.14 bits per heavy atom. The molecule has 1 N–H and O–H groups in total. The minimum atomic E-state index is -0.231. The van der Waals surface area contributed by atoms with Crippen LogP contribution >= 0.6 is 0 Å². The van der Waals surface area contributed by atoms with E-state index in [9.17, 15) is 4.39 Å². The van der Waals surface area contributed by atoms with E-state index < -0.39 is 0 Å². The molecule has 3 heterocycles. The third-order valence-corrected chi connectivity index (χ3v) is 4.17. The molecule has 1 aliphatic rings. The number of rotatable bonds is 2. The fraction of sp³-hybridized carbons (Fsp3) is 0.294. The van der Waals surface area contributed by atoms with Gasteiger partial charge in [-0.05, 0) is 49.2 Å². The maximum atomic E-state index is 13.4. The van der Waals surface area contributed by atoms with Crippen LogP contribution < -0.4 is 5.32 Å². The molecule has 112 valence electrons. The summed E-state index contributed by atoms with van der Waals surface area (Å²) in [5.41, 5.74) is 2.62. The molecule has 0 saturated carbocycles. The highest BCUT2D eigenvalue weighted by Crippen LogP contribution is 2.23. The van der Waals surface area contributed by atoms with E-state index in [0.717, 1.165) is 48.5 Å². The predicted molar refractivity (Wildman–Crippen MR) is 83.2 cm³/mol. The molecule has 0 aliphatic carbocycles. The van der Waals surface area contributed by atoms with Crippen LogP contribution in [0.3, 0.4) is 0 Å². The van der Waals surface area contributed by atoms with Gasteiger partial charge in [0.25, 0.3) is 0 Å². The van der Waals surface area contributed by atoms with Crippen molar-refractivity contribution in [3.05, 3.63) is 54.2 Å². The third-order valence-electron chi connectivity index (χ3n) is 4.17. The second-order valence-electron chi connectivity index (χ2n) is 5.74. The van der Waals surface area contributed by atoms with Crippen LogP contribution in [-0.2, 0) is 0 Å². The van der Waals surface area contributed by atoms with Gasteiger partial charge in [-0.1, -0.05) is 12.1 Å². The topological polar surface area (TPSA) is 42.2 Å². The molecule has 1 aliphatic heterocycles. The third kappa shape index (κ3) is 2.48. The number of hydrogen-bond acceptors (Lipinski definition) is 3. The van der Waals surface area contributed by atoms with E-state index in [1.807, 2.05) is 24.4 Å². The van der Waals surface area contributed by atoms with E-state index in [1.165, 1.54) is 12.1 Å². The molecule has 2 aromatic heterocycles. The van der Waals surface area contributed by atoms with Gasteiger partial charge in [0.1, 0.15) is 5.82 Å². The summed E-state index contributed by atoms with van der Waals surface area (Å²) in [4.78, 5) is 4.63. The Bertz CT molecular complexity index is 805. The van der Waals surface area contributed by atoms with Gasteiger partial charge in [0.05, 0.1) is 0 Å². The maximum absolute atomic E-state index is 13.4. The van der Waals surface area contributed by atoms with Gasteiger partial charge in [-0.15, -0.1) is 0 Å². The average Bonchev–Trinajstić information content (AvgIpc) is 2.99. The minimum Gasteiger partial charge on any atom is -0.316 e. The van der Waals surface area contributed by atoms with Gasteiger partial charge in [-0.25, -0.2) is 13.9 Å². The summed E-state index contributed by atoms with van der Waals surface area (Å²) >= 11 is 0. The van der Waals surface area contributed by atoms with Crippen LogP contribution in [0.2, 0.25) is 0 Å². The van der Waals surface area contributed by atoms with Gasteiger partial charge in [0.15, 0.2) is 11.5 Å². The number of piperidine rings is 1. The van der Waals surface area contributed by atoms with E-state index in [1.54, 1.807) is 10.6 Å². The molecule has 1 unspecified atom stereocenters. The molecular formula is C17H17FN4. The van der Waals surface area contributed by atoms with Gasteiger partial charge in [-0.2, -0.15) is 5.10 Å². The summed E-state index contributed by atoms with van der Waals surface area (Å²) in [6, 6.07) is 10.5. The summed E-state index contributed by atoms with van der Waals surface area (Å²) in [7, 11) is 0. The van der Waals surface area contributed by atoms with E-state index in [4.69, 9.17) is 0 Å². The number of benzene rings is 1. The predicted octanol–water partition coefficient (Wildman–Crippen LogP) is 3.00. The Morgan fingerprint density at radius 1 is 1.18 bits per heavy atom. The number of fused-ring (bicyclic) bond motifs is 1. The summed E-state index contributed by atoms with van der Waals surface area (Å²) < 4.78 is 15.2. The number of nitrogens with one attached hydrogen (secondary N) is 1. The molecule has 4 nitrogen and oxygen atoms in total. The first-order valence-electron chi connectivity index (χ1n) is 7.62. The highest BCUT2D eigenvalue weighted by Gasteiger charge is 2.19. The van der Waals surface area contributed by atoms with Crippen molar-refractivity contribution in [2.75, 3.05) is 13.1 Å². The Balaban J connectivity index is 1.71. The summed E-state index contributed by atoms with van der Waals surface area (Å²) in [5, 5.41) is 8.01. The molecule has 3 aromatic rings. The van der Waals surface area contributed by atoms with Gasteiger partial charge in [0, 0.05) is 24.2 Å². The first kappa shape index (κ1) is 13.4. The smallest absolute Gasteiger partial charge is 0.156 e. The standard InChI is InChI=1S/C17H17FN4/c18-15-5-1-3-12(9-15)14-6-7-16-20-17(21-22(16)11-14)13-4-2-8-19-10-13/h1,3,5-7,9,11,13,19H,2,4,8,10H2. The molecule has 4 rings (SSSR count). The Hall–Kier alpha value is -2.27. The zero-order chi connectivity index (χ0) is 14.9. The largest absolute Gasteiger partial charge is 0.316 e. The number of halogens is 1. The zero-order valence-electron chi connectivity index (χ0n) is 12.2. The van der Waals surface area contributed by atoms with Gasteiger partial charge in [-0.3, -0.25) is 0 Å². The molecule has 1 fully saturated rings. The zero-order valence-corrected chi connectivity index (χ0v) is 12.2. The highest BCUT2D eigenvalue weighted by molar-refractivity contribution is 5.64. The molecule has 0 bridgehead atoms. The maximum Gasteiger partial charge on any atom is 0.156 e. The van der Waals surface area contributed by atoms with Crippen molar-refractivity contribution in [2.45, 2.75) is 18.8 Å². The fourth-order valence-electron chi connectivity index (χ4n) is 2.98. The Kier molecular flexibility index (Phi) is 3.35. The van der Waals surface area contributed by atoms with Crippen molar-refractivity contribution in [3.8, 4) is 11.1 Å². The lowest BCUT2D eigenvalue weighted by Gasteiger charge is -2.19. The van der Waals surface area contributed by atoms with Crippen LogP contribution in [0.4, 0.5) is 4.39 Å². The van der Waals surface area contributed by atoms with Crippen LogP contribution in [0.1, 0.15) is 24.6 Å². The molecular weight excluding hydrogens is 279 g/mol. The fourth-order valence-corrected chi connectivity index (χ4v) is 2.98. The summed E-state index contributed by atoms with van der Waals surface area (Å²) in [6.45, 7) is 2.02. The van der Waals surface area contributed by atoms with Crippen molar-refractivity contribution in [1.29, 1.82) is 0 Å². The second kappa shape index (κ2) is 5.50. The monoisotopic (exact) mass is 296 g/mol. The van der Waals surface area contributed by atoms with Crippen LogP contribution in [0.25, 0.3) is 16.8 Å². The van der Waals surface area contributed by atoms with Crippen molar-refractivity contribution >= 4 is 5.65 Å². The molecule has 1 saturated heterocycles. The molecule has 22 heavy (non-hydrogen) atoms. The quantitative estimate of drug-likeness (QED) is 0.790. The van der Waals surface area contributed by atoms with Crippen molar-refractivity contribution < 1.29 is 4.39 Å². The number of hydrogen-bond donors (Lipinski definition) is 1. The summed E-state index contributed by atoms with van der Waals surface area (Å²) in [6.07, 6.45) is 4.20. The van der Waals surface area contributed by atoms with E-state index in [0.29, 0.717) is 5.92 Å². The molecule has 1 aromatic carbocycles. The normalized spacial score (nSPS) is 18.7. The molecule has 0 amide bonds. The van der Waals surface area contributed by atoms with Crippen LogP contribution in [-0.4, -0.2) is 27.7 Å². The Morgan fingerprint density at radius 3 is 2.95 bits per heavy atom. The van der Waals surface area contributed by atoms with Crippen LogP contribution in [0.5, 0.6) is 0 Å². The number of nitrogens with zero attached hydrogens (tertiary/aromatic N) is 3. The number of pyridine rings is 1. The average molecular weight is 296 g/mol. The first-order chi connectivity index (χ1) is 10.8. The van der Waals surface area contributed by atoms with Crippen molar-refractivity contribution in [2.24, 2.45) is 0 Å². The van der Waals surface area contributed by atoms with Crippen LogP contribution in [0, 0.1) is 5.82 Å². The Labute approximate surface area is 128 Å². The molecule has 1 atom stereocenters. The molecule has 5 heteroatoms.